The van der Waals surface area contributed by atoms with Crippen molar-refractivity contribution in [3.8, 4) is 0 Å². The summed E-state index contributed by atoms with van der Waals surface area (Å²) < 4.78 is 4.99. The first-order valence-corrected chi connectivity index (χ1v) is 6.98. The number of carboxylic acid groups (broad SMARTS) is 1. The van der Waals surface area contributed by atoms with E-state index in [2.05, 4.69) is 11.4 Å². The molecular formula is C17H19NO4. The summed E-state index contributed by atoms with van der Waals surface area (Å²) in [7, 11) is 0. The highest BCUT2D eigenvalue weighted by Crippen LogP contribution is 2.23. The van der Waals surface area contributed by atoms with E-state index in [-0.39, 0.29) is 16.9 Å². The van der Waals surface area contributed by atoms with E-state index in [1.54, 1.807) is 0 Å². The minimum atomic E-state index is -1.20. The Bertz CT molecular complexity index is 700. The second kappa shape index (κ2) is 6.05. The third kappa shape index (κ3) is 3.55. The zero-order valence-corrected chi connectivity index (χ0v) is 12.8. The molecule has 1 aromatic carbocycles. The Morgan fingerprint density at radius 2 is 1.86 bits per heavy atom. The molecule has 0 spiro atoms. The SMILES string of the molecule is Cc1cccc(C(C)(C)CNC(=O)c2ccc(C(=O)O)o2)c1. The molecule has 0 aliphatic carbocycles. The van der Waals surface area contributed by atoms with Gasteiger partial charge in [-0.3, -0.25) is 4.79 Å². The van der Waals surface area contributed by atoms with E-state index < -0.39 is 11.9 Å². The molecule has 1 amide bonds. The third-order valence-electron chi connectivity index (χ3n) is 3.53. The molecule has 5 heteroatoms. The number of carboxylic acids is 1. The van der Waals surface area contributed by atoms with E-state index in [1.165, 1.54) is 12.1 Å². The Morgan fingerprint density at radius 3 is 2.45 bits per heavy atom. The third-order valence-corrected chi connectivity index (χ3v) is 3.53. The van der Waals surface area contributed by atoms with E-state index >= 15 is 0 Å². The highest BCUT2D eigenvalue weighted by molar-refractivity contribution is 5.93. The van der Waals surface area contributed by atoms with Crippen molar-refractivity contribution in [2.75, 3.05) is 6.54 Å². The van der Waals surface area contributed by atoms with Crippen molar-refractivity contribution in [3.63, 3.8) is 0 Å². The molecule has 0 saturated heterocycles. The fourth-order valence-corrected chi connectivity index (χ4v) is 2.13. The summed E-state index contributed by atoms with van der Waals surface area (Å²) in [6.07, 6.45) is 0. The average Bonchev–Trinajstić information content (AvgIpc) is 2.95. The van der Waals surface area contributed by atoms with Gasteiger partial charge in [-0.1, -0.05) is 43.7 Å². The first-order chi connectivity index (χ1) is 10.3. The van der Waals surface area contributed by atoms with Gasteiger partial charge in [0.15, 0.2) is 5.76 Å². The van der Waals surface area contributed by atoms with Gasteiger partial charge in [0, 0.05) is 12.0 Å². The molecule has 2 N–H and O–H groups in total. The average molecular weight is 301 g/mol. The number of aryl methyl sites for hydroxylation is 1. The van der Waals surface area contributed by atoms with Gasteiger partial charge in [0.25, 0.3) is 5.91 Å². The second-order valence-corrected chi connectivity index (χ2v) is 5.91. The van der Waals surface area contributed by atoms with Gasteiger partial charge in [0.2, 0.25) is 5.76 Å². The molecule has 1 heterocycles. The van der Waals surface area contributed by atoms with E-state index in [0.29, 0.717) is 6.54 Å². The molecule has 0 fully saturated rings. The molecule has 22 heavy (non-hydrogen) atoms. The first kappa shape index (κ1) is 15.8. The molecule has 0 saturated carbocycles. The molecule has 1 aromatic heterocycles. The van der Waals surface area contributed by atoms with Crippen LogP contribution in [-0.4, -0.2) is 23.5 Å². The van der Waals surface area contributed by atoms with Crippen LogP contribution in [0.25, 0.3) is 0 Å². The summed E-state index contributed by atoms with van der Waals surface area (Å²) >= 11 is 0. The normalized spacial score (nSPS) is 11.2. The highest BCUT2D eigenvalue weighted by Gasteiger charge is 2.23. The van der Waals surface area contributed by atoms with Crippen LogP contribution >= 0.6 is 0 Å². The monoisotopic (exact) mass is 301 g/mol. The van der Waals surface area contributed by atoms with Gasteiger partial charge in [0.05, 0.1) is 0 Å². The van der Waals surface area contributed by atoms with Crippen LogP contribution in [0.4, 0.5) is 0 Å². The van der Waals surface area contributed by atoms with Crippen molar-refractivity contribution in [3.05, 3.63) is 59.0 Å². The van der Waals surface area contributed by atoms with Crippen LogP contribution < -0.4 is 5.32 Å². The van der Waals surface area contributed by atoms with Crippen molar-refractivity contribution >= 4 is 11.9 Å². The molecule has 2 aromatic rings. The second-order valence-electron chi connectivity index (χ2n) is 5.91. The Hall–Kier alpha value is -2.56. The van der Waals surface area contributed by atoms with Gasteiger partial charge in [-0.25, -0.2) is 4.79 Å². The van der Waals surface area contributed by atoms with Crippen LogP contribution in [0, 0.1) is 6.92 Å². The Morgan fingerprint density at radius 1 is 1.18 bits per heavy atom. The van der Waals surface area contributed by atoms with Gasteiger partial charge < -0.3 is 14.8 Å². The maximum Gasteiger partial charge on any atom is 0.371 e. The number of amides is 1. The summed E-state index contributed by atoms with van der Waals surface area (Å²) in [5, 5.41) is 11.6. The molecule has 116 valence electrons. The number of hydrogen-bond donors (Lipinski definition) is 2. The van der Waals surface area contributed by atoms with E-state index in [1.807, 2.05) is 39.0 Å². The molecule has 0 aliphatic rings. The van der Waals surface area contributed by atoms with E-state index in [9.17, 15) is 9.59 Å². The molecule has 0 radical (unpaired) electrons. The fourth-order valence-electron chi connectivity index (χ4n) is 2.13. The van der Waals surface area contributed by atoms with Crippen LogP contribution in [0.15, 0.2) is 40.8 Å². The van der Waals surface area contributed by atoms with Crippen molar-refractivity contribution in [2.24, 2.45) is 0 Å². The molecule has 2 rings (SSSR count). The lowest BCUT2D eigenvalue weighted by Crippen LogP contribution is -2.36. The lowest BCUT2D eigenvalue weighted by atomic mass is 9.84. The van der Waals surface area contributed by atoms with Crippen LogP contribution in [-0.2, 0) is 5.41 Å². The predicted octanol–water partition coefficient (Wildman–Crippen LogP) is 2.99. The maximum absolute atomic E-state index is 12.0. The summed E-state index contributed by atoms with van der Waals surface area (Å²) in [5.41, 5.74) is 2.04. The number of carbonyl (C=O) groups is 2. The molecule has 0 bridgehead atoms. The van der Waals surface area contributed by atoms with Gasteiger partial charge in [0.1, 0.15) is 0 Å². The van der Waals surface area contributed by atoms with Crippen molar-refractivity contribution < 1.29 is 19.1 Å². The van der Waals surface area contributed by atoms with E-state index in [4.69, 9.17) is 9.52 Å². The summed E-state index contributed by atoms with van der Waals surface area (Å²) in [6, 6.07) is 10.7. The maximum atomic E-state index is 12.0. The van der Waals surface area contributed by atoms with Gasteiger partial charge >= 0.3 is 5.97 Å². The molecule has 0 atom stereocenters. The Balaban J connectivity index is 2.04. The van der Waals surface area contributed by atoms with E-state index in [0.717, 1.165) is 11.1 Å². The van der Waals surface area contributed by atoms with Gasteiger partial charge in [-0.15, -0.1) is 0 Å². The van der Waals surface area contributed by atoms with Crippen LogP contribution in [0.2, 0.25) is 0 Å². The highest BCUT2D eigenvalue weighted by atomic mass is 16.4. The summed E-state index contributed by atoms with van der Waals surface area (Å²) in [4.78, 5) is 22.8. The molecule has 0 unspecified atom stereocenters. The number of carbonyl (C=O) groups excluding carboxylic acids is 1. The van der Waals surface area contributed by atoms with Crippen molar-refractivity contribution in [1.29, 1.82) is 0 Å². The number of nitrogens with one attached hydrogen (secondary N) is 1. The van der Waals surface area contributed by atoms with Crippen LogP contribution in [0.1, 0.15) is 46.1 Å². The topological polar surface area (TPSA) is 79.5 Å². The minimum Gasteiger partial charge on any atom is -0.475 e. The van der Waals surface area contributed by atoms with Crippen molar-refractivity contribution in [2.45, 2.75) is 26.2 Å². The Kier molecular flexibility index (Phi) is 4.35. The lowest BCUT2D eigenvalue weighted by molar-refractivity contribution is 0.0659. The van der Waals surface area contributed by atoms with Gasteiger partial charge in [-0.05, 0) is 24.6 Å². The number of hydrogen-bond acceptors (Lipinski definition) is 3. The minimum absolute atomic E-state index is 0.00237. The quantitative estimate of drug-likeness (QED) is 0.889. The first-order valence-electron chi connectivity index (χ1n) is 6.98. The molecular weight excluding hydrogens is 282 g/mol. The largest absolute Gasteiger partial charge is 0.475 e. The lowest BCUT2D eigenvalue weighted by Gasteiger charge is -2.25. The molecule has 0 aliphatic heterocycles. The van der Waals surface area contributed by atoms with Crippen LogP contribution in [0.3, 0.4) is 0 Å². The van der Waals surface area contributed by atoms with Crippen LogP contribution in [0.5, 0.6) is 0 Å². The zero-order chi connectivity index (χ0) is 16.3. The predicted molar refractivity (Wildman–Crippen MR) is 82.2 cm³/mol. The Labute approximate surface area is 129 Å². The standard InChI is InChI=1S/C17H19NO4/c1-11-5-4-6-12(9-11)17(2,3)10-18-15(19)13-7-8-14(22-13)16(20)21/h4-9H,10H2,1-3H3,(H,18,19)(H,20,21). The fraction of sp³-hybridized carbons (Fsp3) is 0.294. The number of rotatable bonds is 5. The number of benzene rings is 1. The zero-order valence-electron chi connectivity index (χ0n) is 12.8. The van der Waals surface area contributed by atoms with Crippen molar-refractivity contribution in [1.82, 2.24) is 5.32 Å². The smallest absolute Gasteiger partial charge is 0.371 e. The summed E-state index contributed by atoms with van der Waals surface area (Å²) in [5.74, 6) is -1.87. The summed E-state index contributed by atoms with van der Waals surface area (Å²) in [6.45, 7) is 6.51. The molecule has 5 nitrogen and oxygen atoms in total. The number of furan rings is 1. The van der Waals surface area contributed by atoms with Gasteiger partial charge in [-0.2, -0.15) is 0 Å². The number of aromatic carboxylic acids is 1.